The first-order chi connectivity index (χ1) is 12.7. The molecule has 1 heterocycles. The van der Waals surface area contributed by atoms with E-state index in [4.69, 9.17) is 0 Å². The summed E-state index contributed by atoms with van der Waals surface area (Å²) in [5.74, 6) is 2.89. The number of fused-ring (bicyclic) bond motifs is 1. The molecule has 132 valence electrons. The van der Waals surface area contributed by atoms with E-state index >= 15 is 0 Å². The van der Waals surface area contributed by atoms with Crippen LogP contribution in [0.4, 0.5) is 0 Å². The topological polar surface area (TPSA) is 4.93 Å². The van der Waals surface area contributed by atoms with E-state index in [0.29, 0.717) is 5.54 Å². The van der Waals surface area contributed by atoms with Gasteiger partial charge >= 0.3 is 0 Å². The molecule has 0 aliphatic heterocycles. The van der Waals surface area contributed by atoms with Gasteiger partial charge in [0, 0.05) is 22.1 Å². The van der Waals surface area contributed by atoms with E-state index in [-0.39, 0.29) is 0 Å². The predicted molar refractivity (Wildman–Crippen MR) is 108 cm³/mol. The molecule has 7 rings (SSSR count). The second-order valence-corrected chi connectivity index (χ2v) is 9.44. The summed E-state index contributed by atoms with van der Waals surface area (Å²) >= 11 is 0. The summed E-state index contributed by atoms with van der Waals surface area (Å²) < 4.78 is 2.80. The molecule has 1 nitrogen and oxygen atoms in total. The molecule has 0 N–H and O–H groups in total. The zero-order chi connectivity index (χ0) is 17.3. The summed E-state index contributed by atoms with van der Waals surface area (Å²) in [6.45, 7) is 2.23. The summed E-state index contributed by atoms with van der Waals surface area (Å²) in [5.41, 5.74) is 6.01. The zero-order valence-corrected chi connectivity index (χ0v) is 15.6. The smallest absolute Gasteiger partial charge is 0.0496 e. The quantitative estimate of drug-likeness (QED) is 0.498. The molecule has 0 spiro atoms. The van der Waals surface area contributed by atoms with Crippen LogP contribution in [0.3, 0.4) is 0 Å². The Balaban J connectivity index is 1.63. The van der Waals surface area contributed by atoms with Crippen LogP contribution in [0.25, 0.3) is 22.2 Å². The van der Waals surface area contributed by atoms with E-state index in [1.807, 2.05) is 0 Å². The normalized spacial score (nSPS) is 32.4. The molecular formula is C25H27N. The summed E-state index contributed by atoms with van der Waals surface area (Å²) in [6, 6.07) is 20.5. The first kappa shape index (κ1) is 15.1. The number of rotatable bonds is 2. The molecule has 4 bridgehead atoms. The number of aryl methyl sites for hydroxylation is 1. The Hall–Kier alpha value is -2.02. The highest BCUT2D eigenvalue weighted by atomic mass is 15.1. The van der Waals surface area contributed by atoms with Crippen molar-refractivity contribution in [3.63, 3.8) is 0 Å². The van der Waals surface area contributed by atoms with Gasteiger partial charge in [-0.05, 0) is 86.5 Å². The van der Waals surface area contributed by atoms with Gasteiger partial charge in [0.05, 0.1) is 0 Å². The molecule has 0 radical (unpaired) electrons. The summed E-state index contributed by atoms with van der Waals surface area (Å²) in [5, 5.41) is 1.41. The maximum Gasteiger partial charge on any atom is 0.0496 e. The molecular weight excluding hydrogens is 314 g/mol. The number of hydrogen-bond donors (Lipinski definition) is 0. The fraction of sp³-hybridized carbons (Fsp3) is 0.440. The van der Waals surface area contributed by atoms with E-state index in [2.05, 4.69) is 66.1 Å². The van der Waals surface area contributed by atoms with Crippen molar-refractivity contribution >= 4 is 10.9 Å². The Morgan fingerprint density at radius 1 is 0.808 bits per heavy atom. The van der Waals surface area contributed by atoms with Gasteiger partial charge in [0.1, 0.15) is 0 Å². The largest absolute Gasteiger partial charge is 0.334 e. The second kappa shape index (κ2) is 5.25. The molecule has 1 heteroatoms. The first-order valence-electron chi connectivity index (χ1n) is 10.4. The standard InChI is InChI=1S/C25H27N/c1-17-7-8-22-13-24(21-5-3-2-4-6-21)26(23(22)9-17)25-14-18-10-19(15-25)12-20(11-18)16-25/h2-9,13,18-20H,10-12,14-16H2,1H3. The predicted octanol–water partition coefficient (Wildman–Crippen LogP) is 6.54. The van der Waals surface area contributed by atoms with Crippen LogP contribution in [0.2, 0.25) is 0 Å². The van der Waals surface area contributed by atoms with E-state index in [1.165, 1.54) is 66.2 Å². The van der Waals surface area contributed by atoms with Crippen molar-refractivity contribution in [3.8, 4) is 11.3 Å². The highest BCUT2D eigenvalue weighted by Gasteiger charge is 2.52. The minimum atomic E-state index is 0.357. The van der Waals surface area contributed by atoms with Crippen molar-refractivity contribution in [1.29, 1.82) is 0 Å². The van der Waals surface area contributed by atoms with Crippen LogP contribution in [0.15, 0.2) is 54.6 Å². The summed E-state index contributed by atoms with van der Waals surface area (Å²) in [4.78, 5) is 0. The molecule has 0 amide bonds. The average Bonchev–Trinajstić information content (AvgIpc) is 3.01. The van der Waals surface area contributed by atoms with E-state index in [1.54, 1.807) is 0 Å². The van der Waals surface area contributed by atoms with Gasteiger partial charge in [-0.25, -0.2) is 0 Å². The molecule has 26 heavy (non-hydrogen) atoms. The third-order valence-corrected chi connectivity index (χ3v) is 7.51. The molecule has 0 unspecified atom stereocenters. The van der Waals surface area contributed by atoms with Crippen molar-refractivity contribution in [2.75, 3.05) is 0 Å². The van der Waals surface area contributed by atoms with E-state index < -0.39 is 0 Å². The van der Waals surface area contributed by atoms with Crippen molar-refractivity contribution in [2.24, 2.45) is 17.8 Å². The lowest BCUT2D eigenvalue weighted by molar-refractivity contribution is -0.0399. The van der Waals surface area contributed by atoms with Crippen LogP contribution in [0.5, 0.6) is 0 Å². The van der Waals surface area contributed by atoms with Gasteiger partial charge in [-0.3, -0.25) is 0 Å². The van der Waals surface area contributed by atoms with Crippen molar-refractivity contribution < 1.29 is 0 Å². The van der Waals surface area contributed by atoms with Gasteiger partial charge in [-0.15, -0.1) is 0 Å². The van der Waals surface area contributed by atoms with Crippen LogP contribution in [-0.2, 0) is 5.54 Å². The fourth-order valence-corrected chi connectivity index (χ4v) is 6.98. The van der Waals surface area contributed by atoms with Gasteiger partial charge in [-0.2, -0.15) is 0 Å². The second-order valence-electron chi connectivity index (χ2n) is 9.44. The number of nitrogens with zero attached hydrogens (tertiary/aromatic N) is 1. The molecule has 4 aliphatic rings. The Kier molecular flexibility index (Phi) is 3.05. The van der Waals surface area contributed by atoms with Gasteiger partial charge in [0.25, 0.3) is 0 Å². The molecule has 3 aromatic rings. The summed E-state index contributed by atoms with van der Waals surface area (Å²) in [7, 11) is 0. The monoisotopic (exact) mass is 341 g/mol. The Labute approximate surface area is 156 Å². The lowest BCUT2D eigenvalue weighted by Gasteiger charge is -2.58. The number of aromatic nitrogens is 1. The average molecular weight is 341 g/mol. The van der Waals surface area contributed by atoms with Gasteiger partial charge < -0.3 is 4.57 Å². The SMILES string of the molecule is Cc1ccc2cc(-c3ccccc3)n(C34CC5CC(CC(C5)C3)C4)c2c1. The van der Waals surface area contributed by atoms with E-state index in [9.17, 15) is 0 Å². The van der Waals surface area contributed by atoms with Crippen LogP contribution >= 0.6 is 0 Å². The highest BCUT2D eigenvalue weighted by molar-refractivity contribution is 5.88. The Bertz CT molecular complexity index is 943. The molecule has 2 aromatic carbocycles. The summed E-state index contributed by atoms with van der Waals surface area (Å²) in [6.07, 6.45) is 8.69. The molecule has 4 saturated carbocycles. The first-order valence-corrected chi connectivity index (χ1v) is 10.4. The number of benzene rings is 2. The van der Waals surface area contributed by atoms with Gasteiger partial charge in [0.15, 0.2) is 0 Å². The Morgan fingerprint density at radius 2 is 1.46 bits per heavy atom. The lowest BCUT2D eigenvalue weighted by atomic mass is 9.53. The lowest BCUT2D eigenvalue weighted by Crippen LogP contribution is -2.51. The number of hydrogen-bond acceptors (Lipinski definition) is 0. The highest BCUT2D eigenvalue weighted by Crippen LogP contribution is 2.60. The third-order valence-electron chi connectivity index (χ3n) is 7.51. The van der Waals surface area contributed by atoms with Crippen LogP contribution in [-0.4, -0.2) is 4.57 Å². The minimum absolute atomic E-state index is 0.357. The molecule has 0 atom stereocenters. The maximum absolute atomic E-state index is 2.80. The third kappa shape index (κ3) is 2.09. The maximum atomic E-state index is 2.80. The fourth-order valence-electron chi connectivity index (χ4n) is 6.98. The van der Waals surface area contributed by atoms with Crippen LogP contribution < -0.4 is 0 Å². The van der Waals surface area contributed by atoms with Crippen LogP contribution in [0.1, 0.15) is 44.1 Å². The van der Waals surface area contributed by atoms with Crippen molar-refractivity contribution in [1.82, 2.24) is 4.57 Å². The zero-order valence-electron chi connectivity index (χ0n) is 15.6. The molecule has 4 fully saturated rings. The van der Waals surface area contributed by atoms with Gasteiger partial charge in [-0.1, -0.05) is 42.5 Å². The molecule has 4 aliphatic carbocycles. The minimum Gasteiger partial charge on any atom is -0.334 e. The van der Waals surface area contributed by atoms with Gasteiger partial charge in [0.2, 0.25) is 0 Å². The molecule has 0 saturated heterocycles. The van der Waals surface area contributed by atoms with Crippen molar-refractivity contribution in [3.05, 3.63) is 60.2 Å². The van der Waals surface area contributed by atoms with Crippen LogP contribution in [0, 0.1) is 24.7 Å². The molecule has 1 aromatic heterocycles. The van der Waals surface area contributed by atoms with Crippen molar-refractivity contribution in [2.45, 2.75) is 51.0 Å². The Morgan fingerprint density at radius 3 is 2.12 bits per heavy atom. The van der Waals surface area contributed by atoms with E-state index in [0.717, 1.165) is 17.8 Å².